The Kier molecular flexibility index (Phi) is 2.75. The van der Waals surface area contributed by atoms with Crippen LogP contribution in [0.15, 0.2) is 5.38 Å². The van der Waals surface area contributed by atoms with Gasteiger partial charge in [0.15, 0.2) is 0 Å². The van der Waals surface area contributed by atoms with Crippen LogP contribution in [0.1, 0.15) is 28.8 Å². The van der Waals surface area contributed by atoms with Gasteiger partial charge in [-0.05, 0) is 26.8 Å². The van der Waals surface area contributed by atoms with Crippen molar-refractivity contribution in [2.75, 3.05) is 13.1 Å². The normalized spacial score (nSPS) is 25.5. The van der Waals surface area contributed by atoms with E-state index in [-0.39, 0.29) is 11.4 Å². The maximum atomic E-state index is 11.8. The van der Waals surface area contributed by atoms with Gasteiger partial charge in [-0.15, -0.1) is 11.3 Å². The van der Waals surface area contributed by atoms with E-state index in [4.69, 9.17) is 0 Å². The second kappa shape index (κ2) is 3.90. The van der Waals surface area contributed by atoms with Crippen molar-refractivity contribution in [2.24, 2.45) is 0 Å². The highest BCUT2D eigenvalue weighted by Gasteiger charge is 2.30. The summed E-state index contributed by atoms with van der Waals surface area (Å²) in [6.45, 7) is 5.76. The number of rotatable bonds is 2. The largest absolute Gasteiger partial charge is 0.344 e. The molecule has 1 fully saturated rings. The number of thiazole rings is 1. The first-order valence-corrected chi connectivity index (χ1v) is 5.92. The van der Waals surface area contributed by atoms with E-state index in [0.29, 0.717) is 5.69 Å². The molecule has 4 nitrogen and oxygen atoms in total. The highest BCUT2D eigenvalue weighted by atomic mass is 32.1. The van der Waals surface area contributed by atoms with Crippen molar-refractivity contribution in [1.29, 1.82) is 0 Å². The van der Waals surface area contributed by atoms with Gasteiger partial charge in [0.2, 0.25) is 0 Å². The van der Waals surface area contributed by atoms with Crippen LogP contribution in [0.4, 0.5) is 0 Å². The first-order valence-electron chi connectivity index (χ1n) is 5.04. The fraction of sp³-hybridized carbons (Fsp3) is 0.600. The van der Waals surface area contributed by atoms with Crippen LogP contribution in [-0.4, -0.2) is 29.5 Å². The van der Waals surface area contributed by atoms with Gasteiger partial charge in [-0.25, -0.2) is 4.98 Å². The summed E-state index contributed by atoms with van der Waals surface area (Å²) in [4.78, 5) is 16.0. The van der Waals surface area contributed by atoms with Crippen LogP contribution in [0.2, 0.25) is 0 Å². The van der Waals surface area contributed by atoms with E-state index in [1.807, 2.05) is 6.92 Å². The van der Waals surface area contributed by atoms with Crippen molar-refractivity contribution >= 4 is 17.2 Å². The van der Waals surface area contributed by atoms with Crippen molar-refractivity contribution in [3.8, 4) is 0 Å². The van der Waals surface area contributed by atoms with Crippen LogP contribution in [0.5, 0.6) is 0 Å². The lowest BCUT2D eigenvalue weighted by molar-refractivity contribution is 0.0908. The number of aryl methyl sites for hydroxylation is 1. The zero-order valence-electron chi connectivity index (χ0n) is 8.96. The van der Waals surface area contributed by atoms with Gasteiger partial charge < -0.3 is 10.6 Å². The molecule has 1 atom stereocenters. The van der Waals surface area contributed by atoms with Gasteiger partial charge in [0.1, 0.15) is 5.69 Å². The molecule has 15 heavy (non-hydrogen) atoms. The lowest BCUT2D eigenvalue weighted by atomic mass is 10.0. The zero-order chi connectivity index (χ0) is 10.9. The van der Waals surface area contributed by atoms with Gasteiger partial charge in [-0.3, -0.25) is 4.79 Å². The van der Waals surface area contributed by atoms with Gasteiger partial charge in [-0.1, -0.05) is 0 Å². The predicted molar refractivity (Wildman–Crippen MR) is 60.2 cm³/mol. The Morgan fingerprint density at radius 2 is 2.53 bits per heavy atom. The number of nitrogens with zero attached hydrogens (tertiary/aromatic N) is 1. The third-order valence-corrected chi connectivity index (χ3v) is 3.41. The lowest BCUT2D eigenvalue weighted by Gasteiger charge is -2.23. The first-order chi connectivity index (χ1) is 7.09. The molecule has 2 heterocycles. The number of carbonyl (C=O) groups is 1. The SMILES string of the molecule is Cc1nc(C(=O)NC2(C)CCNC2)cs1. The van der Waals surface area contributed by atoms with Crippen LogP contribution < -0.4 is 10.6 Å². The summed E-state index contributed by atoms with van der Waals surface area (Å²) in [5, 5.41) is 9.00. The molecule has 1 aromatic heterocycles. The molecule has 0 radical (unpaired) electrons. The number of hydrogen-bond acceptors (Lipinski definition) is 4. The summed E-state index contributed by atoms with van der Waals surface area (Å²) in [6.07, 6.45) is 0.974. The summed E-state index contributed by atoms with van der Waals surface area (Å²) in [6, 6.07) is 0. The van der Waals surface area contributed by atoms with Crippen LogP contribution in [-0.2, 0) is 0 Å². The topological polar surface area (TPSA) is 54.0 Å². The van der Waals surface area contributed by atoms with Gasteiger partial charge in [0, 0.05) is 11.9 Å². The molecule has 0 spiro atoms. The number of aromatic nitrogens is 1. The van der Waals surface area contributed by atoms with Gasteiger partial charge in [0.25, 0.3) is 5.91 Å². The molecule has 0 saturated carbocycles. The molecule has 0 aliphatic carbocycles. The molecule has 1 unspecified atom stereocenters. The Hall–Kier alpha value is -0.940. The van der Waals surface area contributed by atoms with E-state index in [1.54, 1.807) is 5.38 Å². The summed E-state index contributed by atoms with van der Waals surface area (Å²) in [7, 11) is 0. The van der Waals surface area contributed by atoms with Crippen molar-refractivity contribution in [1.82, 2.24) is 15.6 Å². The molecule has 1 aliphatic heterocycles. The van der Waals surface area contributed by atoms with E-state index < -0.39 is 0 Å². The fourth-order valence-electron chi connectivity index (χ4n) is 1.73. The minimum absolute atomic E-state index is 0.0643. The molecule has 2 N–H and O–H groups in total. The number of nitrogens with one attached hydrogen (secondary N) is 2. The smallest absolute Gasteiger partial charge is 0.271 e. The molecular weight excluding hydrogens is 210 g/mol. The minimum Gasteiger partial charge on any atom is -0.344 e. The maximum Gasteiger partial charge on any atom is 0.271 e. The number of amides is 1. The Morgan fingerprint density at radius 3 is 3.07 bits per heavy atom. The third kappa shape index (κ3) is 2.35. The van der Waals surface area contributed by atoms with Crippen LogP contribution >= 0.6 is 11.3 Å². The van der Waals surface area contributed by atoms with Gasteiger partial charge in [0.05, 0.1) is 10.5 Å². The van der Waals surface area contributed by atoms with Crippen LogP contribution in [0, 0.1) is 6.92 Å². The van der Waals surface area contributed by atoms with E-state index in [0.717, 1.165) is 24.5 Å². The number of carbonyl (C=O) groups excluding carboxylic acids is 1. The van der Waals surface area contributed by atoms with E-state index >= 15 is 0 Å². The van der Waals surface area contributed by atoms with Gasteiger partial charge in [-0.2, -0.15) is 0 Å². The molecule has 0 aromatic carbocycles. The third-order valence-electron chi connectivity index (χ3n) is 2.64. The summed E-state index contributed by atoms with van der Waals surface area (Å²) in [5.74, 6) is -0.0643. The molecular formula is C10H15N3OS. The van der Waals surface area contributed by atoms with Crippen molar-refractivity contribution in [2.45, 2.75) is 25.8 Å². The average molecular weight is 225 g/mol. The highest BCUT2D eigenvalue weighted by Crippen LogP contribution is 2.15. The molecule has 1 aliphatic rings. The van der Waals surface area contributed by atoms with Gasteiger partial charge >= 0.3 is 0 Å². The first kappa shape index (κ1) is 10.6. The monoisotopic (exact) mass is 225 g/mol. The molecule has 1 aromatic rings. The van der Waals surface area contributed by atoms with Crippen molar-refractivity contribution in [3.05, 3.63) is 16.1 Å². The van der Waals surface area contributed by atoms with Crippen LogP contribution in [0.3, 0.4) is 0 Å². The Labute approximate surface area is 93.1 Å². The molecule has 0 bridgehead atoms. The summed E-state index contributed by atoms with van der Waals surface area (Å²) in [5.41, 5.74) is 0.417. The fourth-order valence-corrected chi connectivity index (χ4v) is 2.32. The minimum atomic E-state index is -0.116. The Balaban J connectivity index is 2.03. The predicted octanol–water partition coefficient (Wildman–Crippen LogP) is 0.933. The molecule has 82 valence electrons. The Bertz CT molecular complexity index is 368. The van der Waals surface area contributed by atoms with Crippen LogP contribution in [0.25, 0.3) is 0 Å². The molecule has 1 amide bonds. The van der Waals surface area contributed by atoms with Crippen molar-refractivity contribution in [3.63, 3.8) is 0 Å². The Morgan fingerprint density at radius 1 is 1.73 bits per heavy atom. The quantitative estimate of drug-likeness (QED) is 0.787. The molecule has 2 rings (SSSR count). The van der Waals surface area contributed by atoms with Crippen molar-refractivity contribution < 1.29 is 4.79 Å². The number of hydrogen-bond donors (Lipinski definition) is 2. The standard InChI is InChI=1S/C10H15N3OS/c1-7-12-8(5-15-7)9(14)13-10(2)3-4-11-6-10/h5,11H,3-4,6H2,1-2H3,(H,13,14). The molecule has 5 heteroatoms. The second-order valence-electron chi connectivity index (χ2n) is 4.19. The average Bonchev–Trinajstić information content (AvgIpc) is 2.75. The lowest BCUT2D eigenvalue weighted by Crippen LogP contribution is -2.47. The summed E-state index contributed by atoms with van der Waals surface area (Å²) < 4.78 is 0. The zero-order valence-corrected chi connectivity index (χ0v) is 9.78. The van der Waals surface area contributed by atoms with E-state index in [1.165, 1.54) is 11.3 Å². The second-order valence-corrected chi connectivity index (χ2v) is 5.26. The van der Waals surface area contributed by atoms with E-state index in [9.17, 15) is 4.79 Å². The molecule has 1 saturated heterocycles. The van der Waals surface area contributed by atoms with E-state index in [2.05, 4.69) is 22.5 Å². The highest BCUT2D eigenvalue weighted by molar-refractivity contribution is 7.09. The summed E-state index contributed by atoms with van der Waals surface area (Å²) >= 11 is 1.50. The maximum absolute atomic E-state index is 11.8.